The van der Waals surface area contributed by atoms with Gasteiger partial charge in [-0.25, -0.2) is 0 Å². The van der Waals surface area contributed by atoms with Gasteiger partial charge in [-0.05, 0) is 37.5 Å². The van der Waals surface area contributed by atoms with Crippen molar-refractivity contribution in [1.29, 1.82) is 5.26 Å². The van der Waals surface area contributed by atoms with Crippen molar-refractivity contribution in [2.75, 3.05) is 13.1 Å². The minimum absolute atomic E-state index is 0.00210. The summed E-state index contributed by atoms with van der Waals surface area (Å²) in [6.07, 6.45) is 3.96. The van der Waals surface area contributed by atoms with E-state index in [9.17, 15) is 9.59 Å². The molecular weight excluding hydrogens is 278 g/mol. The number of nitriles is 1. The van der Waals surface area contributed by atoms with Crippen LogP contribution in [0.1, 0.15) is 41.6 Å². The van der Waals surface area contributed by atoms with E-state index < -0.39 is 0 Å². The van der Waals surface area contributed by atoms with Gasteiger partial charge in [-0.3, -0.25) is 9.59 Å². The first-order valence-corrected chi connectivity index (χ1v) is 7.77. The SMILES string of the molecule is N#Cc1cccc(C(=O)N[C@H]2CCN(C(=O)C3CCC3)C2)c1. The molecule has 1 N–H and O–H groups in total. The molecule has 22 heavy (non-hydrogen) atoms. The molecule has 1 aliphatic heterocycles. The zero-order chi connectivity index (χ0) is 15.5. The third kappa shape index (κ3) is 2.96. The molecule has 1 saturated carbocycles. The first-order valence-electron chi connectivity index (χ1n) is 7.77. The van der Waals surface area contributed by atoms with Crippen LogP contribution in [-0.4, -0.2) is 35.8 Å². The number of nitrogens with zero attached hydrogens (tertiary/aromatic N) is 2. The van der Waals surface area contributed by atoms with E-state index in [1.807, 2.05) is 11.0 Å². The second-order valence-corrected chi connectivity index (χ2v) is 6.06. The van der Waals surface area contributed by atoms with Crippen LogP contribution in [0.15, 0.2) is 24.3 Å². The Kier molecular flexibility index (Phi) is 4.10. The minimum atomic E-state index is -0.181. The van der Waals surface area contributed by atoms with Gasteiger partial charge in [0.1, 0.15) is 0 Å². The lowest BCUT2D eigenvalue weighted by Gasteiger charge is -2.29. The van der Waals surface area contributed by atoms with Crippen molar-refractivity contribution in [3.8, 4) is 6.07 Å². The number of benzene rings is 1. The molecule has 0 radical (unpaired) electrons. The van der Waals surface area contributed by atoms with Crippen molar-refractivity contribution in [2.24, 2.45) is 5.92 Å². The van der Waals surface area contributed by atoms with Crippen LogP contribution < -0.4 is 5.32 Å². The van der Waals surface area contributed by atoms with Gasteiger partial charge >= 0.3 is 0 Å². The Bertz CT molecular complexity index is 631. The van der Waals surface area contributed by atoms with Gasteiger partial charge in [-0.2, -0.15) is 5.26 Å². The van der Waals surface area contributed by atoms with E-state index in [-0.39, 0.29) is 23.8 Å². The third-order valence-corrected chi connectivity index (χ3v) is 4.54. The van der Waals surface area contributed by atoms with E-state index in [1.165, 1.54) is 0 Å². The quantitative estimate of drug-likeness (QED) is 0.922. The molecule has 5 heteroatoms. The monoisotopic (exact) mass is 297 g/mol. The van der Waals surface area contributed by atoms with Gasteiger partial charge in [0.2, 0.25) is 5.91 Å². The first-order chi connectivity index (χ1) is 10.7. The zero-order valence-electron chi connectivity index (χ0n) is 12.4. The normalized spacial score (nSPS) is 21.0. The highest BCUT2D eigenvalue weighted by Crippen LogP contribution is 2.29. The maximum Gasteiger partial charge on any atom is 0.251 e. The number of nitrogens with one attached hydrogen (secondary N) is 1. The lowest BCUT2D eigenvalue weighted by molar-refractivity contribution is -0.137. The van der Waals surface area contributed by atoms with E-state index in [0.717, 1.165) is 32.2 Å². The molecule has 114 valence electrons. The van der Waals surface area contributed by atoms with Gasteiger partial charge in [0.05, 0.1) is 11.6 Å². The fourth-order valence-corrected chi connectivity index (χ4v) is 2.99. The zero-order valence-corrected chi connectivity index (χ0v) is 12.4. The molecule has 0 bridgehead atoms. The average molecular weight is 297 g/mol. The molecule has 0 unspecified atom stereocenters. The number of rotatable bonds is 3. The number of likely N-dealkylation sites (tertiary alicyclic amines) is 1. The van der Waals surface area contributed by atoms with Crippen molar-refractivity contribution < 1.29 is 9.59 Å². The predicted molar refractivity (Wildman–Crippen MR) is 80.9 cm³/mol. The molecule has 1 heterocycles. The summed E-state index contributed by atoms with van der Waals surface area (Å²) in [4.78, 5) is 26.3. The summed E-state index contributed by atoms with van der Waals surface area (Å²) in [7, 11) is 0. The van der Waals surface area contributed by atoms with Crippen LogP contribution in [0.4, 0.5) is 0 Å². The molecule has 5 nitrogen and oxygen atoms in total. The molecule has 1 atom stereocenters. The highest BCUT2D eigenvalue weighted by Gasteiger charge is 2.34. The molecule has 3 rings (SSSR count). The average Bonchev–Trinajstić information content (AvgIpc) is 2.94. The van der Waals surface area contributed by atoms with Crippen LogP contribution in [0.2, 0.25) is 0 Å². The molecule has 1 saturated heterocycles. The molecule has 1 aliphatic carbocycles. The second-order valence-electron chi connectivity index (χ2n) is 6.06. The van der Waals surface area contributed by atoms with Crippen molar-refractivity contribution >= 4 is 11.8 Å². The molecule has 2 fully saturated rings. The predicted octanol–water partition coefficient (Wildman–Crippen LogP) is 1.69. The largest absolute Gasteiger partial charge is 0.347 e. The van der Waals surface area contributed by atoms with Gasteiger partial charge in [-0.15, -0.1) is 0 Å². The van der Waals surface area contributed by atoms with Gasteiger partial charge in [0.15, 0.2) is 0 Å². The fourth-order valence-electron chi connectivity index (χ4n) is 2.99. The van der Waals surface area contributed by atoms with Crippen molar-refractivity contribution in [2.45, 2.75) is 31.7 Å². The van der Waals surface area contributed by atoms with Crippen LogP contribution in [0, 0.1) is 17.2 Å². The molecule has 1 aromatic carbocycles. The Labute approximate surface area is 129 Å². The Morgan fingerprint density at radius 2 is 2.09 bits per heavy atom. The molecule has 2 amide bonds. The summed E-state index contributed by atoms with van der Waals surface area (Å²) in [6.45, 7) is 1.32. The van der Waals surface area contributed by atoms with E-state index in [4.69, 9.17) is 5.26 Å². The first kappa shape index (κ1) is 14.6. The topological polar surface area (TPSA) is 73.2 Å². The Hall–Kier alpha value is -2.35. The van der Waals surface area contributed by atoms with E-state index in [0.29, 0.717) is 17.7 Å². The molecule has 0 aromatic heterocycles. The van der Waals surface area contributed by atoms with E-state index >= 15 is 0 Å². The smallest absolute Gasteiger partial charge is 0.251 e. The fraction of sp³-hybridized carbons (Fsp3) is 0.471. The molecule has 0 spiro atoms. The van der Waals surface area contributed by atoms with Crippen LogP contribution in [-0.2, 0) is 4.79 Å². The van der Waals surface area contributed by atoms with E-state index in [1.54, 1.807) is 24.3 Å². The summed E-state index contributed by atoms with van der Waals surface area (Å²) in [5, 5.41) is 11.8. The number of carbonyl (C=O) groups is 2. The summed E-state index contributed by atoms with van der Waals surface area (Å²) >= 11 is 0. The highest BCUT2D eigenvalue weighted by molar-refractivity contribution is 5.94. The lowest BCUT2D eigenvalue weighted by atomic mass is 9.84. The van der Waals surface area contributed by atoms with Crippen molar-refractivity contribution in [3.05, 3.63) is 35.4 Å². The summed E-state index contributed by atoms with van der Waals surface area (Å²) in [6, 6.07) is 8.69. The maximum atomic E-state index is 12.2. The minimum Gasteiger partial charge on any atom is -0.347 e. The third-order valence-electron chi connectivity index (χ3n) is 4.54. The number of carbonyl (C=O) groups excluding carboxylic acids is 2. The number of amides is 2. The maximum absolute atomic E-state index is 12.2. The number of hydrogen-bond acceptors (Lipinski definition) is 3. The van der Waals surface area contributed by atoms with Gasteiger partial charge in [0, 0.05) is 30.6 Å². The molecule has 1 aromatic rings. The summed E-state index contributed by atoms with van der Waals surface area (Å²) in [5.74, 6) is 0.274. The van der Waals surface area contributed by atoms with Crippen LogP contribution in [0.25, 0.3) is 0 Å². The Balaban J connectivity index is 1.56. The lowest BCUT2D eigenvalue weighted by Crippen LogP contribution is -2.41. The second kappa shape index (κ2) is 6.18. The van der Waals surface area contributed by atoms with Crippen molar-refractivity contribution in [1.82, 2.24) is 10.2 Å². The van der Waals surface area contributed by atoms with Crippen LogP contribution >= 0.6 is 0 Å². The van der Waals surface area contributed by atoms with Gasteiger partial charge in [-0.1, -0.05) is 12.5 Å². The van der Waals surface area contributed by atoms with Crippen LogP contribution in [0.3, 0.4) is 0 Å². The number of hydrogen-bond donors (Lipinski definition) is 1. The molecule has 2 aliphatic rings. The standard InChI is InChI=1S/C17H19N3O2/c18-10-12-3-1-6-14(9-12)16(21)19-15-7-8-20(11-15)17(22)13-4-2-5-13/h1,3,6,9,13,15H,2,4-5,7-8,11H2,(H,19,21)/t15-/m0/s1. The van der Waals surface area contributed by atoms with Crippen LogP contribution in [0.5, 0.6) is 0 Å². The highest BCUT2D eigenvalue weighted by atomic mass is 16.2. The Morgan fingerprint density at radius 1 is 1.27 bits per heavy atom. The van der Waals surface area contributed by atoms with E-state index in [2.05, 4.69) is 5.32 Å². The van der Waals surface area contributed by atoms with Gasteiger partial charge < -0.3 is 10.2 Å². The summed E-state index contributed by atoms with van der Waals surface area (Å²) < 4.78 is 0. The Morgan fingerprint density at radius 3 is 2.77 bits per heavy atom. The summed E-state index contributed by atoms with van der Waals surface area (Å²) in [5.41, 5.74) is 0.962. The van der Waals surface area contributed by atoms with Crippen molar-refractivity contribution in [3.63, 3.8) is 0 Å². The molecular formula is C17H19N3O2. The van der Waals surface area contributed by atoms with Gasteiger partial charge in [0.25, 0.3) is 5.91 Å².